The van der Waals surface area contributed by atoms with Gasteiger partial charge in [0.2, 0.25) is 0 Å². The summed E-state index contributed by atoms with van der Waals surface area (Å²) >= 11 is 0. The monoisotopic (exact) mass is 730 g/mol. The molecule has 0 bridgehead atoms. The number of hydrogen-bond donors (Lipinski definition) is 2. The number of alkyl halides is 20. The summed E-state index contributed by atoms with van der Waals surface area (Å²) in [6.07, 6.45) is -52.4. The highest BCUT2D eigenvalue weighted by molar-refractivity contribution is 5.97. The molecular formula is C18H6F20O8. The smallest absolute Gasteiger partial charge is 0.462 e. The molecule has 46 heavy (non-hydrogen) atoms. The first-order valence-electron chi connectivity index (χ1n) is 10.1. The fourth-order valence-electron chi connectivity index (χ4n) is 2.32. The first-order valence-corrected chi connectivity index (χ1v) is 10.1. The van der Waals surface area contributed by atoms with E-state index in [9.17, 15) is 97.4 Å². The number of carboxylic acids is 2. The molecule has 0 aromatic heterocycles. The fraction of sp³-hybridized carbons (Fsp3) is 0.556. The average molecular weight is 730 g/mol. The van der Waals surface area contributed by atoms with Crippen molar-refractivity contribution >= 4 is 11.9 Å². The SMILES string of the molecule is O=C(O)c1cc(OC(F)(F)C(F)OC(F)(F)C(F)(F)C(F)(F)F)c(C(=O)O)cc1OC(F)(F)C(F)OC(F)(F)C(F)(F)C(F)(F)F. The molecule has 8 nitrogen and oxygen atoms in total. The number of aromatic carboxylic acids is 2. The van der Waals surface area contributed by atoms with Crippen molar-refractivity contribution in [2.45, 2.75) is 61.3 Å². The Hall–Kier alpha value is -3.72. The van der Waals surface area contributed by atoms with Gasteiger partial charge in [0.25, 0.3) is 0 Å². The second-order valence-electron chi connectivity index (χ2n) is 7.83. The van der Waals surface area contributed by atoms with E-state index in [1.165, 1.54) is 0 Å². The molecule has 266 valence electrons. The molecule has 2 unspecified atom stereocenters. The number of carbonyl (C=O) groups is 2. The number of halogens is 20. The minimum atomic E-state index is -7.39. The van der Waals surface area contributed by atoms with Crippen LogP contribution in [-0.2, 0) is 9.47 Å². The largest absolute Gasteiger partial charge is 0.478 e. The third kappa shape index (κ3) is 7.97. The van der Waals surface area contributed by atoms with E-state index in [2.05, 4.69) is 18.9 Å². The zero-order valence-corrected chi connectivity index (χ0v) is 20.2. The molecule has 0 amide bonds. The Morgan fingerprint density at radius 2 is 0.761 bits per heavy atom. The van der Waals surface area contributed by atoms with Gasteiger partial charge in [0.15, 0.2) is 0 Å². The van der Waals surface area contributed by atoms with Gasteiger partial charge in [0.05, 0.1) is 0 Å². The van der Waals surface area contributed by atoms with Crippen LogP contribution in [0.4, 0.5) is 87.8 Å². The maximum absolute atomic E-state index is 14.0. The Balaban J connectivity index is 3.54. The molecule has 1 aromatic rings. The molecule has 0 fully saturated rings. The van der Waals surface area contributed by atoms with Gasteiger partial charge >= 0.3 is 73.3 Å². The molecule has 0 aliphatic heterocycles. The zero-order chi connectivity index (χ0) is 36.9. The summed E-state index contributed by atoms with van der Waals surface area (Å²) in [5, 5.41) is 18.0. The highest BCUT2D eigenvalue weighted by Crippen LogP contribution is 2.50. The molecule has 0 radical (unpaired) electrons. The van der Waals surface area contributed by atoms with E-state index in [-0.39, 0.29) is 0 Å². The summed E-state index contributed by atoms with van der Waals surface area (Å²) in [6, 6.07) is -1.61. The van der Waals surface area contributed by atoms with Crippen LogP contribution in [0, 0.1) is 0 Å². The van der Waals surface area contributed by atoms with Crippen LogP contribution in [0.5, 0.6) is 11.5 Å². The lowest BCUT2D eigenvalue weighted by Crippen LogP contribution is -2.56. The van der Waals surface area contributed by atoms with Crippen molar-refractivity contribution in [3.05, 3.63) is 23.3 Å². The summed E-state index contributed by atoms with van der Waals surface area (Å²) in [4.78, 5) is 22.6. The van der Waals surface area contributed by atoms with E-state index in [1.807, 2.05) is 0 Å². The van der Waals surface area contributed by atoms with Crippen molar-refractivity contribution in [2.24, 2.45) is 0 Å². The number of benzene rings is 1. The van der Waals surface area contributed by atoms with Crippen molar-refractivity contribution in [1.82, 2.24) is 0 Å². The van der Waals surface area contributed by atoms with E-state index < -0.39 is 108 Å². The normalized spacial score (nSPS) is 15.7. The second kappa shape index (κ2) is 12.1. The third-order valence-corrected chi connectivity index (χ3v) is 4.51. The van der Waals surface area contributed by atoms with Gasteiger partial charge in [-0.15, -0.1) is 0 Å². The van der Waals surface area contributed by atoms with E-state index in [0.29, 0.717) is 0 Å². The molecule has 0 aliphatic carbocycles. The van der Waals surface area contributed by atoms with Crippen molar-refractivity contribution in [3.63, 3.8) is 0 Å². The summed E-state index contributed by atoms with van der Waals surface area (Å²) in [5.41, 5.74) is -4.50. The van der Waals surface area contributed by atoms with Crippen LogP contribution in [0.3, 0.4) is 0 Å². The Bertz CT molecular complexity index is 1190. The van der Waals surface area contributed by atoms with Gasteiger partial charge in [-0.3, -0.25) is 9.47 Å². The average Bonchev–Trinajstić information content (AvgIpc) is 2.81. The van der Waals surface area contributed by atoms with Crippen LogP contribution in [0.15, 0.2) is 12.1 Å². The van der Waals surface area contributed by atoms with Crippen LogP contribution in [0.1, 0.15) is 20.7 Å². The van der Waals surface area contributed by atoms with E-state index in [1.54, 1.807) is 0 Å². The van der Waals surface area contributed by atoms with E-state index in [4.69, 9.17) is 10.2 Å². The van der Waals surface area contributed by atoms with E-state index in [0.717, 1.165) is 0 Å². The minimum Gasteiger partial charge on any atom is -0.478 e. The highest BCUT2D eigenvalue weighted by Gasteiger charge is 2.77. The van der Waals surface area contributed by atoms with E-state index >= 15 is 0 Å². The highest BCUT2D eigenvalue weighted by atomic mass is 19.4. The first-order chi connectivity index (χ1) is 20.1. The molecular weight excluding hydrogens is 724 g/mol. The van der Waals surface area contributed by atoms with Gasteiger partial charge < -0.3 is 19.7 Å². The molecule has 28 heteroatoms. The molecule has 1 rings (SSSR count). The lowest BCUT2D eigenvalue weighted by atomic mass is 10.1. The Morgan fingerprint density at radius 1 is 0.522 bits per heavy atom. The van der Waals surface area contributed by atoms with Gasteiger partial charge in [-0.05, 0) is 12.1 Å². The van der Waals surface area contributed by atoms with Crippen LogP contribution in [0.25, 0.3) is 0 Å². The molecule has 0 spiro atoms. The van der Waals surface area contributed by atoms with Crippen molar-refractivity contribution in [3.8, 4) is 11.5 Å². The standard InChI is InChI=1S/C18H6F20O8/c19-9(45-17(35,36)13(25,26)15(29,30)31)11(21,22)43-5-1-3(7(39)40)6(2-4(5)8(41)42)44-12(23,24)10(20)46-18(37,38)14(27,28)16(32,33)34/h1-2,9-10H,(H,39,40)(H,41,42). The molecule has 0 saturated carbocycles. The maximum atomic E-state index is 14.0. The van der Waals surface area contributed by atoms with Crippen LogP contribution in [-0.4, -0.2) is 83.5 Å². The van der Waals surface area contributed by atoms with Crippen LogP contribution < -0.4 is 9.47 Å². The molecule has 0 aliphatic rings. The van der Waals surface area contributed by atoms with Crippen molar-refractivity contribution < 1.29 is 127 Å². The lowest BCUT2D eigenvalue weighted by Gasteiger charge is -2.31. The zero-order valence-electron chi connectivity index (χ0n) is 20.2. The van der Waals surface area contributed by atoms with Gasteiger partial charge in [0.1, 0.15) is 22.6 Å². The molecule has 0 saturated heterocycles. The minimum absolute atomic E-state index is 0.805. The fourth-order valence-corrected chi connectivity index (χ4v) is 2.32. The van der Waals surface area contributed by atoms with Gasteiger partial charge in [-0.25, -0.2) is 18.4 Å². The predicted octanol–water partition coefficient (Wildman–Crippen LogP) is 7.23. The Labute approximate surface area is 235 Å². The topological polar surface area (TPSA) is 112 Å². The first kappa shape index (κ1) is 40.3. The third-order valence-electron chi connectivity index (χ3n) is 4.51. The number of carboxylic acid groups (broad SMARTS) is 2. The Morgan fingerprint density at radius 3 is 0.957 bits per heavy atom. The maximum Gasteiger partial charge on any atom is 0.462 e. The summed E-state index contributed by atoms with van der Waals surface area (Å²) in [7, 11) is 0. The summed E-state index contributed by atoms with van der Waals surface area (Å²) in [6.45, 7) is 0. The predicted molar refractivity (Wildman–Crippen MR) is 95.4 cm³/mol. The van der Waals surface area contributed by atoms with Crippen molar-refractivity contribution in [1.29, 1.82) is 0 Å². The summed E-state index contributed by atoms with van der Waals surface area (Å²) < 4.78 is 270. The Kier molecular flexibility index (Phi) is 10.6. The van der Waals surface area contributed by atoms with Gasteiger partial charge in [0, 0.05) is 0 Å². The van der Waals surface area contributed by atoms with Crippen LogP contribution >= 0.6 is 0 Å². The summed E-state index contributed by atoms with van der Waals surface area (Å²) in [5.74, 6) is -25.3. The van der Waals surface area contributed by atoms with Gasteiger partial charge in [-0.1, -0.05) is 0 Å². The molecule has 0 heterocycles. The molecule has 1 aromatic carbocycles. The number of ether oxygens (including phenoxy) is 4. The quantitative estimate of drug-likeness (QED) is 0.193. The van der Waals surface area contributed by atoms with Crippen molar-refractivity contribution in [2.75, 3.05) is 0 Å². The molecule has 2 atom stereocenters. The second-order valence-corrected chi connectivity index (χ2v) is 7.83. The van der Waals surface area contributed by atoms with Gasteiger partial charge in [-0.2, -0.15) is 79.0 Å². The number of hydrogen-bond acceptors (Lipinski definition) is 6. The number of rotatable bonds is 14. The lowest BCUT2D eigenvalue weighted by molar-refractivity contribution is -0.460. The molecule has 2 N–H and O–H groups in total. The van der Waals surface area contributed by atoms with Crippen LogP contribution in [0.2, 0.25) is 0 Å².